The van der Waals surface area contributed by atoms with E-state index >= 15 is 0 Å². The van der Waals surface area contributed by atoms with Gasteiger partial charge in [0, 0.05) is 22.8 Å². The fourth-order valence-corrected chi connectivity index (χ4v) is 4.58. The van der Waals surface area contributed by atoms with Crippen molar-refractivity contribution < 1.29 is 18.8 Å². The molecule has 1 atom stereocenters. The first-order chi connectivity index (χ1) is 16.8. The standard InChI is InChI=1S/C25H26Cl2N4O4/c1-3-34-25(33)16-6-9-21(15(2)11-16)28-24(32)17-5-4-10-31(13-17)14-22-29-23(30-35-22)19-8-7-18(26)12-20(19)27/h6-9,11-12,17H,3-5,10,13-14H2,1-2H3,(H,28,32). The van der Waals surface area contributed by atoms with Crippen molar-refractivity contribution in [3.63, 3.8) is 0 Å². The van der Waals surface area contributed by atoms with E-state index in [1.165, 1.54) is 0 Å². The Morgan fingerprint density at radius 1 is 1.23 bits per heavy atom. The molecule has 1 unspecified atom stereocenters. The number of likely N-dealkylation sites (tertiary alicyclic amines) is 1. The van der Waals surface area contributed by atoms with Crippen LogP contribution in [-0.4, -0.2) is 46.6 Å². The summed E-state index contributed by atoms with van der Waals surface area (Å²) in [7, 11) is 0. The van der Waals surface area contributed by atoms with Crippen molar-refractivity contribution in [2.24, 2.45) is 5.92 Å². The quantitative estimate of drug-likeness (QED) is 0.421. The minimum atomic E-state index is -0.376. The van der Waals surface area contributed by atoms with Gasteiger partial charge in [0.2, 0.25) is 17.6 Å². The van der Waals surface area contributed by atoms with Crippen molar-refractivity contribution in [2.45, 2.75) is 33.2 Å². The molecular formula is C25H26Cl2N4O4. The van der Waals surface area contributed by atoms with Crippen LogP contribution in [-0.2, 0) is 16.1 Å². The number of ether oxygens (including phenoxy) is 1. The lowest BCUT2D eigenvalue weighted by Gasteiger charge is -2.31. The fourth-order valence-electron chi connectivity index (χ4n) is 4.08. The third-order valence-corrected chi connectivity index (χ3v) is 6.42. The molecule has 1 fully saturated rings. The zero-order valence-corrected chi connectivity index (χ0v) is 21.0. The van der Waals surface area contributed by atoms with Gasteiger partial charge in [0.25, 0.3) is 0 Å². The molecule has 1 saturated heterocycles. The number of hydrogen-bond donors (Lipinski definition) is 1. The average molecular weight is 517 g/mol. The van der Waals surface area contributed by atoms with Gasteiger partial charge >= 0.3 is 5.97 Å². The normalized spacial score (nSPS) is 16.2. The molecule has 8 nitrogen and oxygen atoms in total. The van der Waals surface area contributed by atoms with Gasteiger partial charge in [-0.25, -0.2) is 4.79 Å². The first-order valence-electron chi connectivity index (χ1n) is 11.4. The van der Waals surface area contributed by atoms with Crippen LogP contribution in [0.5, 0.6) is 0 Å². The highest BCUT2D eigenvalue weighted by Gasteiger charge is 2.27. The van der Waals surface area contributed by atoms with Crippen LogP contribution in [0.15, 0.2) is 40.9 Å². The zero-order valence-electron chi connectivity index (χ0n) is 19.5. The van der Waals surface area contributed by atoms with E-state index in [-0.39, 0.29) is 17.8 Å². The Labute approximate surface area is 213 Å². The highest BCUT2D eigenvalue weighted by atomic mass is 35.5. The summed E-state index contributed by atoms with van der Waals surface area (Å²) >= 11 is 12.2. The molecule has 10 heteroatoms. The monoisotopic (exact) mass is 516 g/mol. The number of rotatable bonds is 7. The fraction of sp³-hybridized carbons (Fsp3) is 0.360. The van der Waals surface area contributed by atoms with Crippen molar-refractivity contribution >= 4 is 40.8 Å². The summed E-state index contributed by atoms with van der Waals surface area (Å²) in [5.41, 5.74) is 2.59. The Kier molecular flexibility index (Phi) is 8.05. The molecule has 1 aliphatic rings. The smallest absolute Gasteiger partial charge is 0.338 e. The van der Waals surface area contributed by atoms with Gasteiger partial charge < -0.3 is 14.6 Å². The number of aryl methyl sites for hydroxylation is 1. The number of carbonyl (C=O) groups is 2. The van der Waals surface area contributed by atoms with Crippen molar-refractivity contribution in [2.75, 3.05) is 25.0 Å². The number of hydrogen-bond acceptors (Lipinski definition) is 7. The lowest BCUT2D eigenvalue weighted by molar-refractivity contribution is -0.121. The summed E-state index contributed by atoms with van der Waals surface area (Å²) in [6, 6.07) is 10.2. The SMILES string of the molecule is CCOC(=O)c1ccc(NC(=O)C2CCCN(Cc3nc(-c4ccc(Cl)cc4Cl)no3)C2)c(C)c1. The van der Waals surface area contributed by atoms with E-state index in [4.69, 9.17) is 32.5 Å². The maximum atomic E-state index is 13.0. The molecule has 0 bridgehead atoms. The van der Waals surface area contributed by atoms with E-state index in [9.17, 15) is 9.59 Å². The summed E-state index contributed by atoms with van der Waals surface area (Å²) in [4.78, 5) is 31.5. The Morgan fingerprint density at radius 2 is 2.06 bits per heavy atom. The molecule has 1 aliphatic heterocycles. The lowest BCUT2D eigenvalue weighted by atomic mass is 9.96. The Hall–Kier alpha value is -2.94. The molecule has 1 aromatic heterocycles. The van der Waals surface area contributed by atoms with Crippen LogP contribution in [0.1, 0.15) is 41.6 Å². The van der Waals surface area contributed by atoms with Crippen LogP contribution in [0.3, 0.4) is 0 Å². The molecule has 35 heavy (non-hydrogen) atoms. The predicted molar refractivity (Wildman–Crippen MR) is 134 cm³/mol. The zero-order chi connectivity index (χ0) is 24.9. The minimum Gasteiger partial charge on any atom is -0.462 e. The number of nitrogens with one attached hydrogen (secondary N) is 1. The van der Waals surface area contributed by atoms with E-state index in [1.807, 2.05) is 6.92 Å². The van der Waals surface area contributed by atoms with E-state index in [1.54, 1.807) is 43.3 Å². The van der Waals surface area contributed by atoms with Gasteiger partial charge in [0.15, 0.2) is 0 Å². The van der Waals surface area contributed by atoms with Gasteiger partial charge in [0.05, 0.1) is 29.7 Å². The summed E-state index contributed by atoms with van der Waals surface area (Å²) in [5.74, 6) is 0.243. The number of halogens is 2. The molecule has 0 spiro atoms. The second-order valence-corrected chi connectivity index (χ2v) is 9.29. The molecule has 2 aromatic carbocycles. The largest absolute Gasteiger partial charge is 0.462 e. The van der Waals surface area contributed by atoms with Gasteiger partial charge in [-0.05, 0) is 75.2 Å². The van der Waals surface area contributed by atoms with Gasteiger partial charge in [-0.15, -0.1) is 0 Å². The third-order valence-electron chi connectivity index (χ3n) is 5.87. The summed E-state index contributed by atoms with van der Waals surface area (Å²) in [6.45, 7) is 5.77. The summed E-state index contributed by atoms with van der Waals surface area (Å²) in [6.07, 6.45) is 1.67. The maximum absolute atomic E-state index is 13.0. The first-order valence-corrected chi connectivity index (χ1v) is 12.2. The minimum absolute atomic E-state index is 0.0548. The van der Waals surface area contributed by atoms with Crippen molar-refractivity contribution in [1.82, 2.24) is 15.0 Å². The molecule has 4 rings (SSSR count). The van der Waals surface area contributed by atoms with E-state index in [2.05, 4.69) is 20.4 Å². The molecule has 0 aliphatic carbocycles. The second kappa shape index (κ2) is 11.2. The van der Waals surface area contributed by atoms with Crippen molar-refractivity contribution in [3.8, 4) is 11.4 Å². The van der Waals surface area contributed by atoms with Crippen molar-refractivity contribution in [1.29, 1.82) is 0 Å². The number of carbonyl (C=O) groups excluding carboxylic acids is 2. The van der Waals surface area contributed by atoms with E-state index in [0.29, 0.717) is 58.3 Å². The molecule has 1 amide bonds. The topological polar surface area (TPSA) is 97.6 Å². The highest BCUT2D eigenvalue weighted by molar-refractivity contribution is 6.36. The molecule has 0 saturated carbocycles. The van der Waals surface area contributed by atoms with Gasteiger partial charge in [-0.3, -0.25) is 9.69 Å². The number of anilines is 1. The molecule has 3 aromatic rings. The molecule has 2 heterocycles. The summed E-state index contributed by atoms with van der Waals surface area (Å²) < 4.78 is 10.5. The molecule has 0 radical (unpaired) electrons. The van der Waals surface area contributed by atoms with E-state index in [0.717, 1.165) is 24.9 Å². The molecule has 1 N–H and O–H groups in total. The van der Waals surface area contributed by atoms with Gasteiger partial charge in [-0.1, -0.05) is 28.4 Å². The lowest BCUT2D eigenvalue weighted by Crippen LogP contribution is -2.40. The number of amides is 1. The van der Waals surface area contributed by atoms with E-state index < -0.39 is 0 Å². The average Bonchev–Trinajstić information content (AvgIpc) is 3.28. The number of piperidine rings is 1. The first kappa shape index (κ1) is 25.2. The number of aromatic nitrogens is 2. The molecule has 184 valence electrons. The number of esters is 1. The van der Waals surface area contributed by atoms with Crippen LogP contribution in [0, 0.1) is 12.8 Å². The Morgan fingerprint density at radius 3 is 2.80 bits per heavy atom. The molecular weight excluding hydrogens is 491 g/mol. The van der Waals surface area contributed by atoms with Crippen LogP contribution in [0.25, 0.3) is 11.4 Å². The Bertz CT molecular complexity index is 1230. The van der Waals surface area contributed by atoms with Crippen LogP contribution < -0.4 is 5.32 Å². The number of benzene rings is 2. The van der Waals surface area contributed by atoms with Gasteiger partial charge in [-0.2, -0.15) is 4.98 Å². The second-order valence-electron chi connectivity index (χ2n) is 8.45. The van der Waals surface area contributed by atoms with Crippen molar-refractivity contribution in [3.05, 3.63) is 63.5 Å². The van der Waals surface area contributed by atoms with Crippen LogP contribution in [0.2, 0.25) is 10.0 Å². The maximum Gasteiger partial charge on any atom is 0.338 e. The highest BCUT2D eigenvalue weighted by Crippen LogP contribution is 2.29. The third kappa shape index (κ3) is 6.20. The van der Waals surface area contributed by atoms with Crippen LogP contribution >= 0.6 is 23.2 Å². The number of nitrogens with zero attached hydrogens (tertiary/aromatic N) is 3. The predicted octanol–water partition coefficient (Wildman–Crippen LogP) is 5.38. The van der Waals surface area contributed by atoms with Crippen LogP contribution in [0.4, 0.5) is 5.69 Å². The van der Waals surface area contributed by atoms with Gasteiger partial charge in [0.1, 0.15) is 0 Å². The Balaban J connectivity index is 1.37. The summed E-state index contributed by atoms with van der Waals surface area (Å²) in [5, 5.41) is 8.03.